The van der Waals surface area contributed by atoms with E-state index >= 15 is 0 Å². The smallest absolute Gasteiger partial charge is 0.219 e. The molecule has 2 aromatic rings. The van der Waals surface area contributed by atoms with E-state index in [9.17, 15) is 0 Å². The number of pyridine rings is 1. The van der Waals surface area contributed by atoms with Gasteiger partial charge >= 0.3 is 0 Å². The van der Waals surface area contributed by atoms with Crippen molar-refractivity contribution in [3.63, 3.8) is 0 Å². The molecule has 0 radical (unpaired) electrons. The van der Waals surface area contributed by atoms with Crippen molar-refractivity contribution in [1.82, 2.24) is 4.98 Å². The van der Waals surface area contributed by atoms with Crippen LogP contribution in [-0.2, 0) is 6.42 Å². The number of nitrogens with two attached hydrogens (primary N) is 1. The molecule has 1 unspecified atom stereocenters. The van der Waals surface area contributed by atoms with E-state index in [0.29, 0.717) is 17.3 Å². The fraction of sp³-hybridized carbons (Fsp3) is 0.214. The van der Waals surface area contributed by atoms with E-state index in [0.717, 1.165) is 12.2 Å². The summed E-state index contributed by atoms with van der Waals surface area (Å²) in [7, 11) is 0. The highest BCUT2D eigenvalue weighted by Gasteiger charge is 2.22. The normalized spacial score (nSPS) is 17.1. The van der Waals surface area contributed by atoms with Crippen LogP contribution in [0.25, 0.3) is 0 Å². The van der Waals surface area contributed by atoms with Gasteiger partial charge in [-0.05, 0) is 19.1 Å². The minimum atomic E-state index is 0.198. The second kappa shape index (κ2) is 4.22. The van der Waals surface area contributed by atoms with Gasteiger partial charge in [-0.15, -0.1) is 0 Å². The number of para-hydroxylation sites is 1. The Hall–Kier alpha value is -2.23. The Morgan fingerprint density at radius 2 is 2.22 bits per heavy atom. The molecule has 1 aromatic carbocycles. The molecule has 4 heteroatoms. The first-order valence-electron chi connectivity index (χ1n) is 5.90. The lowest BCUT2D eigenvalue weighted by Gasteiger charge is -2.10. The van der Waals surface area contributed by atoms with Crippen LogP contribution in [0.2, 0.25) is 0 Å². The molecule has 0 fully saturated rings. The molecule has 1 atom stereocenters. The van der Waals surface area contributed by atoms with Gasteiger partial charge in [-0.3, -0.25) is 0 Å². The zero-order valence-electron chi connectivity index (χ0n) is 10.1. The highest BCUT2D eigenvalue weighted by Crippen LogP contribution is 2.39. The van der Waals surface area contributed by atoms with Crippen molar-refractivity contribution in [1.29, 1.82) is 0 Å². The molecular weight excluding hydrogens is 228 g/mol. The van der Waals surface area contributed by atoms with Crippen LogP contribution in [0.1, 0.15) is 12.5 Å². The second-order valence-electron chi connectivity index (χ2n) is 4.41. The van der Waals surface area contributed by atoms with Crippen molar-refractivity contribution in [2.75, 3.05) is 5.73 Å². The number of hydrogen-bond acceptors (Lipinski definition) is 4. The Balaban J connectivity index is 1.90. The molecule has 92 valence electrons. The van der Waals surface area contributed by atoms with Crippen LogP contribution >= 0.6 is 0 Å². The van der Waals surface area contributed by atoms with Crippen LogP contribution in [0.4, 0.5) is 5.69 Å². The maximum atomic E-state index is 5.76. The summed E-state index contributed by atoms with van der Waals surface area (Å²) in [6, 6.07) is 9.41. The minimum Gasteiger partial charge on any atom is -0.486 e. The topological polar surface area (TPSA) is 57.4 Å². The van der Waals surface area contributed by atoms with Gasteiger partial charge in [0.1, 0.15) is 6.10 Å². The zero-order valence-corrected chi connectivity index (χ0v) is 10.1. The number of rotatable bonds is 2. The average molecular weight is 242 g/mol. The van der Waals surface area contributed by atoms with Crippen LogP contribution in [0, 0.1) is 0 Å². The lowest BCUT2D eigenvalue weighted by molar-refractivity contribution is 0.246. The zero-order chi connectivity index (χ0) is 12.5. The molecule has 2 heterocycles. The molecule has 18 heavy (non-hydrogen) atoms. The number of aromatic nitrogens is 1. The molecule has 1 aromatic heterocycles. The van der Waals surface area contributed by atoms with Crippen LogP contribution < -0.4 is 15.2 Å². The van der Waals surface area contributed by atoms with E-state index in [4.69, 9.17) is 15.2 Å². The van der Waals surface area contributed by atoms with Crippen molar-refractivity contribution >= 4 is 5.69 Å². The van der Waals surface area contributed by atoms with E-state index in [2.05, 4.69) is 11.1 Å². The van der Waals surface area contributed by atoms with E-state index in [1.54, 1.807) is 18.3 Å². The molecule has 0 aliphatic carbocycles. The van der Waals surface area contributed by atoms with E-state index < -0.39 is 0 Å². The number of nitrogen functional groups attached to an aromatic ring is 1. The summed E-state index contributed by atoms with van der Waals surface area (Å²) in [5.41, 5.74) is 7.38. The van der Waals surface area contributed by atoms with Gasteiger partial charge in [0.15, 0.2) is 11.5 Å². The van der Waals surface area contributed by atoms with Crippen molar-refractivity contribution in [2.24, 2.45) is 0 Å². The van der Waals surface area contributed by atoms with Crippen molar-refractivity contribution in [2.45, 2.75) is 19.4 Å². The number of fused-ring (bicyclic) bond motifs is 1. The third-order valence-electron chi connectivity index (χ3n) is 2.86. The van der Waals surface area contributed by atoms with E-state index in [1.165, 1.54) is 5.56 Å². The maximum absolute atomic E-state index is 5.76. The third-order valence-corrected chi connectivity index (χ3v) is 2.86. The summed E-state index contributed by atoms with van der Waals surface area (Å²) in [4.78, 5) is 4.12. The predicted octanol–water partition coefficient (Wildman–Crippen LogP) is 2.78. The predicted molar refractivity (Wildman–Crippen MR) is 69.0 cm³/mol. The Bertz CT molecular complexity index is 567. The van der Waals surface area contributed by atoms with Gasteiger partial charge in [-0.1, -0.05) is 12.1 Å². The first kappa shape index (κ1) is 10.9. The monoisotopic (exact) mass is 242 g/mol. The summed E-state index contributed by atoms with van der Waals surface area (Å²) >= 11 is 0. The lowest BCUT2D eigenvalue weighted by Crippen LogP contribution is -2.05. The van der Waals surface area contributed by atoms with Gasteiger partial charge in [-0.2, -0.15) is 0 Å². The van der Waals surface area contributed by atoms with E-state index in [-0.39, 0.29) is 6.10 Å². The summed E-state index contributed by atoms with van der Waals surface area (Å²) in [5.74, 6) is 2.04. The van der Waals surface area contributed by atoms with Gasteiger partial charge in [0.25, 0.3) is 0 Å². The fourth-order valence-corrected chi connectivity index (χ4v) is 2.05. The standard InChI is InChI=1S/C14H14N2O2/c1-9-7-10-3-2-4-12(14(10)17-9)18-13-6-5-11(15)8-16-13/h2-6,8-9H,7,15H2,1H3. The van der Waals surface area contributed by atoms with Gasteiger partial charge in [0.2, 0.25) is 5.88 Å². The summed E-state index contributed by atoms with van der Waals surface area (Å²) in [5, 5.41) is 0. The Kier molecular flexibility index (Phi) is 2.55. The van der Waals surface area contributed by atoms with Crippen LogP contribution in [-0.4, -0.2) is 11.1 Å². The highest BCUT2D eigenvalue weighted by molar-refractivity contribution is 5.50. The van der Waals surface area contributed by atoms with Crippen LogP contribution in [0.3, 0.4) is 0 Å². The molecule has 0 bridgehead atoms. The van der Waals surface area contributed by atoms with Crippen LogP contribution in [0.15, 0.2) is 36.5 Å². The highest BCUT2D eigenvalue weighted by atomic mass is 16.5. The van der Waals surface area contributed by atoms with Crippen molar-refractivity contribution < 1.29 is 9.47 Å². The van der Waals surface area contributed by atoms with Gasteiger partial charge in [-0.25, -0.2) is 4.98 Å². The molecule has 0 saturated heterocycles. The lowest BCUT2D eigenvalue weighted by atomic mass is 10.1. The Morgan fingerprint density at radius 1 is 1.33 bits per heavy atom. The largest absolute Gasteiger partial charge is 0.486 e. The van der Waals surface area contributed by atoms with Gasteiger partial charge in [0.05, 0.1) is 11.9 Å². The van der Waals surface area contributed by atoms with E-state index in [1.807, 2.05) is 19.1 Å². The number of hydrogen-bond donors (Lipinski definition) is 1. The molecule has 0 saturated carbocycles. The summed E-state index contributed by atoms with van der Waals surface area (Å²) in [6.07, 6.45) is 2.69. The molecule has 2 N–H and O–H groups in total. The maximum Gasteiger partial charge on any atom is 0.219 e. The quantitative estimate of drug-likeness (QED) is 0.879. The number of ether oxygens (including phenoxy) is 2. The third kappa shape index (κ3) is 1.97. The molecule has 4 nitrogen and oxygen atoms in total. The molecule has 1 aliphatic rings. The second-order valence-corrected chi connectivity index (χ2v) is 4.41. The molecule has 1 aliphatic heterocycles. The number of benzene rings is 1. The summed E-state index contributed by atoms with van der Waals surface area (Å²) in [6.45, 7) is 2.05. The SMILES string of the molecule is CC1Cc2cccc(Oc3ccc(N)cn3)c2O1. The molecule has 0 spiro atoms. The van der Waals surface area contributed by atoms with Gasteiger partial charge in [0, 0.05) is 18.1 Å². The first-order chi connectivity index (χ1) is 8.72. The van der Waals surface area contributed by atoms with Crippen molar-refractivity contribution in [3.8, 4) is 17.4 Å². The summed E-state index contributed by atoms with van der Waals surface area (Å²) < 4.78 is 11.5. The number of anilines is 1. The van der Waals surface area contributed by atoms with Gasteiger partial charge < -0.3 is 15.2 Å². The Morgan fingerprint density at radius 3 is 3.00 bits per heavy atom. The average Bonchev–Trinajstić information content (AvgIpc) is 2.73. The first-order valence-corrected chi connectivity index (χ1v) is 5.90. The number of nitrogens with zero attached hydrogens (tertiary/aromatic N) is 1. The fourth-order valence-electron chi connectivity index (χ4n) is 2.05. The minimum absolute atomic E-state index is 0.198. The van der Waals surface area contributed by atoms with Crippen LogP contribution in [0.5, 0.6) is 17.4 Å². The molecule has 3 rings (SSSR count). The van der Waals surface area contributed by atoms with Crippen molar-refractivity contribution in [3.05, 3.63) is 42.1 Å². The molecular formula is C14H14N2O2. The Labute approximate surface area is 105 Å². The molecule has 0 amide bonds.